The Morgan fingerprint density at radius 1 is 1.58 bits per heavy atom. The first-order chi connectivity index (χ1) is 9.17. The first-order valence-corrected chi connectivity index (χ1v) is 6.84. The Morgan fingerprint density at radius 3 is 3.11 bits per heavy atom. The van der Waals surface area contributed by atoms with Crippen LogP contribution in [0.5, 0.6) is 0 Å². The van der Waals surface area contributed by atoms with Crippen LogP contribution in [0.4, 0.5) is 5.69 Å². The van der Waals surface area contributed by atoms with Gasteiger partial charge < -0.3 is 15.7 Å². The zero-order chi connectivity index (χ0) is 13.7. The Hall–Kier alpha value is -1.56. The Morgan fingerprint density at radius 2 is 2.42 bits per heavy atom. The lowest BCUT2D eigenvalue weighted by Crippen LogP contribution is -2.30. The van der Waals surface area contributed by atoms with E-state index in [1.807, 2.05) is 6.20 Å². The van der Waals surface area contributed by atoms with Crippen molar-refractivity contribution in [2.75, 3.05) is 18.5 Å². The molecule has 3 N–H and O–H groups in total. The van der Waals surface area contributed by atoms with E-state index in [4.69, 9.17) is 5.11 Å². The summed E-state index contributed by atoms with van der Waals surface area (Å²) in [6.07, 6.45) is 7.27. The van der Waals surface area contributed by atoms with Crippen LogP contribution in [-0.2, 0) is 11.3 Å². The second-order valence-corrected chi connectivity index (χ2v) is 5.26. The molecule has 1 aliphatic rings. The van der Waals surface area contributed by atoms with Gasteiger partial charge in [0.2, 0.25) is 5.91 Å². The van der Waals surface area contributed by atoms with Crippen LogP contribution in [0.25, 0.3) is 0 Å². The summed E-state index contributed by atoms with van der Waals surface area (Å²) in [6, 6.07) is 0.524. The van der Waals surface area contributed by atoms with E-state index in [0.717, 1.165) is 11.6 Å². The monoisotopic (exact) mass is 266 g/mol. The minimum Gasteiger partial charge on any atom is -0.395 e. The maximum absolute atomic E-state index is 11.5. The van der Waals surface area contributed by atoms with E-state index in [9.17, 15) is 4.79 Å². The minimum absolute atomic E-state index is 0.0441. The summed E-state index contributed by atoms with van der Waals surface area (Å²) in [6.45, 7) is 2.70. The number of anilines is 1. The van der Waals surface area contributed by atoms with Crippen molar-refractivity contribution in [3.05, 3.63) is 12.4 Å². The van der Waals surface area contributed by atoms with Crippen molar-refractivity contribution in [3.63, 3.8) is 0 Å². The number of nitrogens with one attached hydrogen (secondary N) is 2. The molecule has 1 heterocycles. The lowest BCUT2D eigenvalue weighted by Gasteiger charge is -2.11. The van der Waals surface area contributed by atoms with Crippen molar-refractivity contribution in [1.82, 2.24) is 15.1 Å². The average Bonchev–Trinajstić information content (AvgIpc) is 2.97. The number of aliphatic hydroxyl groups is 1. The summed E-state index contributed by atoms with van der Waals surface area (Å²) in [5.74, 6) is 0.648. The van der Waals surface area contributed by atoms with Gasteiger partial charge in [-0.2, -0.15) is 5.10 Å². The van der Waals surface area contributed by atoms with Gasteiger partial charge in [-0.1, -0.05) is 6.92 Å². The van der Waals surface area contributed by atoms with Gasteiger partial charge in [0.1, 0.15) is 6.54 Å². The highest BCUT2D eigenvalue weighted by Gasteiger charge is 2.21. The van der Waals surface area contributed by atoms with Crippen molar-refractivity contribution >= 4 is 11.6 Å². The van der Waals surface area contributed by atoms with Crippen molar-refractivity contribution in [2.24, 2.45) is 5.92 Å². The summed E-state index contributed by atoms with van der Waals surface area (Å²) in [7, 11) is 0. The minimum atomic E-state index is -0.141. The summed E-state index contributed by atoms with van der Waals surface area (Å²) < 4.78 is 1.60. The Kier molecular flexibility index (Phi) is 4.79. The number of hydrogen-bond acceptors (Lipinski definition) is 4. The van der Waals surface area contributed by atoms with Crippen LogP contribution in [-0.4, -0.2) is 40.0 Å². The highest BCUT2D eigenvalue weighted by molar-refractivity contribution is 5.75. The third-order valence-corrected chi connectivity index (χ3v) is 3.44. The molecular weight excluding hydrogens is 244 g/mol. The molecule has 1 fully saturated rings. The topological polar surface area (TPSA) is 79.2 Å². The fourth-order valence-corrected chi connectivity index (χ4v) is 2.50. The van der Waals surface area contributed by atoms with E-state index < -0.39 is 0 Å². The van der Waals surface area contributed by atoms with Gasteiger partial charge in [0, 0.05) is 18.8 Å². The first kappa shape index (κ1) is 13.9. The zero-order valence-electron chi connectivity index (χ0n) is 11.3. The molecule has 106 valence electrons. The van der Waals surface area contributed by atoms with E-state index in [2.05, 4.69) is 22.7 Å². The van der Waals surface area contributed by atoms with Gasteiger partial charge in [-0.15, -0.1) is 0 Å². The summed E-state index contributed by atoms with van der Waals surface area (Å²) in [5, 5.41) is 18.8. The van der Waals surface area contributed by atoms with Crippen LogP contribution >= 0.6 is 0 Å². The molecule has 6 heteroatoms. The molecule has 2 rings (SSSR count). The molecule has 6 nitrogen and oxygen atoms in total. The van der Waals surface area contributed by atoms with Gasteiger partial charge >= 0.3 is 0 Å². The van der Waals surface area contributed by atoms with Crippen LogP contribution in [0.3, 0.4) is 0 Å². The second kappa shape index (κ2) is 6.56. The predicted molar refractivity (Wildman–Crippen MR) is 72.7 cm³/mol. The van der Waals surface area contributed by atoms with Gasteiger partial charge in [0.15, 0.2) is 0 Å². The maximum Gasteiger partial charge on any atom is 0.241 e. The standard InChI is InChI=1S/C13H22N4O2/c1-10-2-3-11(6-10)16-12-7-15-17(8-12)9-13(19)14-4-5-18/h7-8,10-11,16,18H,2-6,9H2,1H3,(H,14,19). The Bertz CT molecular complexity index is 419. The molecule has 2 atom stereocenters. The smallest absolute Gasteiger partial charge is 0.241 e. The number of nitrogens with zero attached hydrogens (tertiary/aromatic N) is 2. The Balaban J connectivity index is 1.80. The Labute approximate surface area is 113 Å². The first-order valence-electron chi connectivity index (χ1n) is 6.84. The highest BCUT2D eigenvalue weighted by Crippen LogP contribution is 2.27. The normalized spacial score (nSPS) is 22.4. The molecular formula is C13H22N4O2. The fourth-order valence-electron chi connectivity index (χ4n) is 2.50. The molecule has 1 amide bonds. The molecule has 1 aromatic rings. The number of amides is 1. The van der Waals surface area contributed by atoms with E-state index in [1.54, 1.807) is 10.9 Å². The molecule has 0 spiro atoms. The number of aromatic nitrogens is 2. The summed E-state index contributed by atoms with van der Waals surface area (Å²) in [5.41, 5.74) is 0.967. The number of rotatable bonds is 6. The van der Waals surface area contributed by atoms with Gasteiger partial charge in [0.25, 0.3) is 0 Å². The zero-order valence-corrected chi connectivity index (χ0v) is 11.3. The van der Waals surface area contributed by atoms with Crippen molar-refractivity contribution in [1.29, 1.82) is 0 Å². The van der Waals surface area contributed by atoms with Crippen molar-refractivity contribution < 1.29 is 9.90 Å². The lowest BCUT2D eigenvalue weighted by molar-refractivity contribution is -0.122. The molecule has 19 heavy (non-hydrogen) atoms. The van der Waals surface area contributed by atoms with E-state index in [1.165, 1.54) is 19.3 Å². The summed E-state index contributed by atoms with van der Waals surface area (Å²) >= 11 is 0. The van der Waals surface area contributed by atoms with Crippen LogP contribution in [0.1, 0.15) is 26.2 Å². The molecule has 0 saturated heterocycles. The quantitative estimate of drug-likeness (QED) is 0.704. The number of aliphatic hydroxyl groups excluding tert-OH is 1. The maximum atomic E-state index is 11.5. The van der Waals surface area contributed by atoms with Gasteiger partial charge in [-0.05, 0) is 25.2 Å². The van der Waals surface area contributed by atoms with Crippen LogP contribution in [0.15, 0.2) is 12.4 Å². The number of carbonyl (C=O) groups excluding carboxylic acids is 1. The van der Waals surface area contributed by atoms with Crippen LogP contribution in [0, 0.1) is 5.92 Å². The molecule has 2 unspecified atom stereocenters. The van der Waals surface area contributed by atoms with E-state index in [-0.39, 0.29) is 25.6 Å². The van der Waals surface area contributed by atoms with Gasteiger partial charge in [-0.3, -0.25) is 9.48 Å². The second-order valence-electron chi connectivity index (χ2n) is 5.26. The molecule has 1 aliphatic carbocycles. The predicted octanol–water partition coefficient (Wildman–Crippen LogP) is 0.592. The lowest BCUT2D eigenvalue weighted by atomic mass is 10.1. The molecule has 1 saturated carbocycles. The third-order valence-electron chi connectivity index (χ3n) is 3.44. The van der Waals surface area contributed by atoms with Crippen LogP contribution < -0.4 is 10.6 Å². The molecule has 0 radical (unpaired) electrons. The summed E-state index contributed by atoms with van der Waals surface area (Å²) in [4.78, 5) is 11.5. The van der Waals surface area contributed by atoms with E-state index in [0.29, 0.717) is 6.04 Å². The molecule has 0 aliphatic heterocycles. The SMILES string of the molecule is CC1CCC(Nc2cnn(CC(=O)NCCO)c2)C1. The molecule has 0 bridgehead atoms. The highest BCUT2D eigenvalue weighted by atomic mass is 16.3. The molecule has 0 aromatic carbocycles. The largest absolute Gasteiger partial charge is 0.395 e. The van der Waals surface area contributed by atoms with Gasteiger partial charge in [0.05, 0.1) is 18.5 Å². The van der Waals surface area contributed by atoms with Crippen molar-refractivity contribution in [3.8, 4) is 0 Å². The van der Waals surface area contributed by atoms with Crippen molar-refractivity contribution in [2.45, 2.75) is 38.8 Å². The molecule has 1 aromatic heterocycles. The fraction of sp³-hybridized carbons (Fsp3) is 0.692. The van der Waals surface area contributed by atoms with Crippen LogP contribution in [0.2, 0.25) is 0 Å². The van der Waals surface area contributed by atoms with Gasteiger partial charge in [-0.25, -0.2) is 0 Å². The number of carbonyl (C=O) groups is 1. The average molecular weight is 266 g/mol. The third kappa shape index (κ3) is 4.24. The van der Waals surface area contributed by atoms with E-state index >= 15 is 0 Å². The number of hydrogen-bond donors (Lipinski definition) is 3.